The average molecular weight is 269 g/mol. The number of nitriles is 1. The second kappa shape index (κ2) is 5.64. The fraction of sp³-hybridized carbons (Fsp3) is 0.500. The molecule has 2 fully saturated rings. The molecule has 1 aromatic carbocycles. The van der Waals surface area contributed by atoms with Crippen LogP contribution in [0.5, 0.6) is 0 Å². The Morgan fingerprint density at radius 2 is 2.05 bits per heavy atom. The van der Waals surface area contributed by atoms with Gasteiger partial charge in [-0.15, -0.1) is 0 Å². The predicted molar refractivity (Wildman–Crippen MR) is 75.7 cm³/mol. The molecule has 4 heteroatoms. The van der Waals surface area contributed by atoms with E-state index in [0.29, 0.717) is 0 Å². The third-order valence-corrected chi connectivity index (χ3v) is 4.33. The van der Waals surface area contributed by atoms with Crippen LogP contribution in [0.2, 0.25) is 0 Å². The maximum Gasteiger partial charge on any atom is 0.240 e. The summed E-state index contributed by atoms with van der Waals surface area (Å²) in [6, 6.07) is 12.4. The molecule has 0 saturated carbocycles. The number of amides is 1. The summed E-state index contributed by atoms with van der Waals surface area (Å²) in [4.78, 5) is 14.3. The first kappa shape index (κ1) is 13.1. The minimum absolute atomic E-state index is 0.104. The largest absolute Gasteiger partial charge is 0.325 e. The summed E-state index contributed by atoms with van der Waals surface area (Å²) in [5.41, 5.74) is 1.24. The van der Waals surface area contributed by atoms with Crippen molar-refractivity contribution >= 4 is 5.91 Å². The molecule has 1 amide bonds. The molecular formula is C16H19N3O. The minimum Gasteiger partial charge on any atom is -0.325 e. The second-order valence-electron chi connectivity index (χ2n) is 5.58. The highest BCUT2D eigenvalue weighted by Crippen LogP contribution is 2.28. The van der Waals surface area contributed by atoms with Crippen LogP contribution in [-0.2, 0) is 4.79 Å². The van der Waals surface area contributed by atoms with Crippen LogP contribution in [0.4, 0.5) is 0 Å². The zero-order valence-electron chi connectivity index (χ0n) is 11.5. The number of carbonyl (C=O) groups is 1. The van der Waals surface area contributed by atoms with Crippen LogP contribution >= 0.6 is 0 Å². The van der Waals surface area contributed by atoms with E-state index in [2.05, 4.69) is 23.5 Å². The van der Waals surface area contributed by atoms with Crippen molar-refractivity contribution in [3.63, 3.8) is 0 Å². The molecule has 0 bridgehead atoms. The molecule has 2 aliphatic rings. The normalized spacial score (nSPS) is 29.4. The van der Waals surface area contributed by atoms with Gasteiger partial charge in [0.2, 0.25) is 5.91 Å². The Morgan fingerprint density at radius 3 is 2.80 bits per heavy atom. The smallest absolute Gasteiger partial charge is 0.240 e. The summed E-state index contributed by atoms with van der Waals surface area (Å²) in [7, 11) is 0. The summed E-state index contributed by atoms with van der Waals surface area (Å²) in [5.74, 6) is 0.104. The zero-order chi connectivity index (χ0) is 13.9. The van der Waals surface area contributed by atoms with Crippen LogP contribution in [-0.4, -0.2) is 29.4 Å². The molecule has 1 N–H and O–H groups in total. The lowest BCUT2D eigenvalue weighted by molar-refractivity contribution is -0.133. The first-order valence-electron chi connectivity index (χ1n) is 7.30. The van der Waals surface area contributed by atoms with Gasteiger partial charge in [0.1, 0.15) is 6.04 Å². The van der Waals surface area contributed by atoms with Crippen molar-refractivity contribution in [2.75, 3.05) is 6.54 Å². The van der Waals surface area contributed by atoms with Crippen molar-refractivity contribution in [2.24, 2.45) is 0 Å². The van der Waals surface area contributed by atoms with Crippen molar-refractivity contribution < 1.29 is 4.79 Å². The van der Waals surface area contributed by atoms with Gasteiger partial charge in [-0.05, 0) is 31.2 Å². The quantitative estimate of drug-likeness (QED) is 0.893. The Labute approximate surface area is 119 Å². The summed E-state index contributed by atoms with van der Waals surface area (Å²) >= 11 is 0. The molecule has 104 valence electrons. The molecule has 1 aromatic rings. The number of hydrogen-bond donors (Lipinski definition) is 1. The third-order valence-electron chi connectivity index (χ3n) is 4.33. The molecule has 3 atom stereocenters. The number of rotatable bonds is 2. The van der Waals surface area contributed by atoms with E-state index in [-0.39, 0.29) is 24.0 Å². The van der Waals surface area contributed by atoms with Gasteiger partial charge >= 0.3 is 0 Å². The molecule has 0 aromatic heterocycles. The lowest BCUT2D eigenvalue weighted by Gasteiger charge is -2.24. The van der Waals surface area contributed by atoms with E-state index < -0.39 is 0 Å². The molecule has 3 rings (SSSR count). The highest BCUT2D eigenvalue weighted by atomic mass is 16.2. The number of nitrogens with zero attached hydrogens (tertiary/aromatic N) is 2. The van der Waals surface area contributed by atoms with Crippen molar-refractivity contribution in [3.8, 4) is 6.07 Å². The molecule has 1 unspecified atom stereocenters. The van der Waals surface area contributed by atoms with Crippen LogP contribution in [0.15, 0.2) is 30.3 Å². The lowest BCUT2D eigenvalue weighted by Crippen LogP contribution is -2.45. The third kappa shape index (κ3) is 2.41. The maximum atomic E-state index is 12.5. The van der Waals surface area contributed by atoms with Crippen LogP contribution in [0.3, 0.4) is 0 Å². The molecule has 0 spiro atoms. The van der Waals surface area contributed by atoms with E-state index in [1.807, 2.05) is 18.2 Å². The average Bonchev–Trinajstić information content (AvgIpc) is 3.16. The summed E-state index contributed by atoms with van der Waals surface area (Å²) in [6.07, 6.45) is 3.59. The molecule has 4 nitrogen and oxygen atoms in total. The Hall–Kier alpha value is -1.86. The maximum absolute atomic E-state index is 12.5. The first-order valence-corrected chi connectivity index (χ1v) is 7.30. The lowest BCUT2D eigenvalue weighted by atomic mass is 10.1. The van der Waals surface area contributed by atoms with E-state index in [0.717, 1.165) is 32.2 Å². The number of hydrogen-bond acceptors (Lipinski definition) is 3. The van der Waals surface area contributed by atoms with E-state index in [1.54, 1.807) is 4.90 Å². The minimum atomic E-state index is -0.222. The van der Waals surface area contributed by atoms with Gasteiger partial charge in [0, 0.05) is 12.6 Å². The van der Waals surface area contributed by atoms with Gasteiger partial charge in [0.05, 0.1) is 12.1 Å². The summed E-state index contributed by atoms with van der Waals surface area (Å²) < 4.78 is 0. The van der Waals surface area contributed by atoms with Gasteiger partial charge in [-0.25, -0.2) is 0 Å². The van der Waals surface area contributed by atoms with Crippen LogP contribution in [0.1, 0.15) is 37.3 Å². The summed E-state index contributed by atoms with van der Waals surface area (Å²) in [6.45, 7) is 0.727. The molecule has 0 aliphatic carbocycles. The van der Waals surface area contributed by atoms with Gasteiger partial charge in [0.25, 0.3) is 0 Å². The fourth-order valence-electron chi connectivity index (χ4n) is 3.25. The number of benzene rings is 1. The molecular weight excluding hydrogens is 250 g/mol. The first-order chi connectivity index (χ1) is 9.79. The zero-order valence-corrected chi connectivity index (χ0v) is 11.5. The highest BCUT2D eigenvalue weighted by molar-refractivity contribution is 5.83. The van der Waals surface area contributed by atoms with Crippen molar-refractivity contribution in [1.29, 1.82) is 5.26 Å². The van der Waals surface area contributed by atoms with E-state index >= 15 is 0 Å². The second-order valence-corrected chi connectivity index (χ2v) is 5.58. The molecule has 0 radical (unpaired) electrons. The van der Waals surface area contributed by atoms with Gasteiger partial charge in [-0.2, -0.15) is 5.26 Å². The SMILES string of the molecule is N#C[C@@H]1CCCN1C(=O)C1CC[C@@H](c2ccccc2)N1. The van der Waals surface area contributed by atoms with Crippen molar-refractivity contribution in [3.05, 3.63) is 35.9 Å². The van der Waals surface area contributed by atoms with Crippen molar-refractivity contribution in [1.82, 2.24) is 10.2 Å². The standard InChI is InChI=1S/C16H19N3O/c17-11-13-7-4-10-19(13)16(20)15-9-8-14(18-15)12-5-2-1-3-6-12/h1-3,5-6,13-15,18H,4,7-10H2/t13-,14-,15?/m0/s1. The fourth-order valence-corrected chi connectivity index (χ4v) is 3.25. The molecule has 2 heterocycles. The Morgan fingerprint density at radius 1 is 1.25 bits per heavy atom. The van der Waals surface area contributed by atoms with Gasteiger partial charge in [-0.3, -0.25) is 10.1 Å². The Kier molecular flexibility index (Phi) is 3.70. The van der Waals surface area contributed by atoms with Crippen molar-refractivity contribution in [2.45, 2.75) is 43.8 Å². The van der Waals surface area contributed by atoms with E-state index in [9.17, 15) is 4.79 Å². The van der Waals surface area contributed by atoms with Crippen LogP contribution in [0.25, 0.3) is 0 Å². The van der Waals surface area contributed by atoms with Gasteiger partial charge in [0.15, 0.2) is 0 Å². The van der Waals surface area contributed by atoms with E-state index in [1.165, 1.54) is 5.56 Å². The molecule has 20 heavy (non-hydrogen) atoms. The molecule has 2 saturated heterocycles. The van der Waals surface area contributed by atoms with Gasteiger partial charge in [-0.1, -0.05) is 30.3 Å². The Bertz CT molecular complexity index is 522. The number of carbonyl (C=O) groups excluding carboxylic acids is 1. The highest BCUT2D eigenvalue weighted by Gasteiger charge is 2.36. The topological polar surface area (TPSA) is 56.1 Å². The number of likely N-dealkylation sites (tertiary alicyclic amines) is 1. The van der Waals surface area contributed by atoms with Gasteiger partial charge < -0.3 is 4.90 Å². The molecule has 2 aliphatic heterocycles. The van der Waals surface area contributed by atoms with E-state index in [4.69, 9.17) is 5.26 Å². The number of nitrogens with one attached hydrogen (secondary N) is 1. The Balaban J connectivity index is 1.65. The monoisotopic (exact) mass is 269 g/mol. The van der Waals surface area contributed by atoms with Crippen LogP contribution < -0.4 is 5.32 Å². The predicted octanol–water partition coefficient (Wildman–Crippen LogP) is 1.99. The summed E-state index contributed by atoms with van der Waals surface area (Å²) in [5, 5.41) is 12.5. The van der Waals surface area contributed by atoms with Crippen LogP contribution in [0, 0.1) is 11.3 Å².